The molecule has 94 valence electrons. The maximum absolute atomic E-state index is 13.0. The molecular formula is C12H7ClF2O2S. The van der Waals surface area contributed by atoms with E-state index in [9.17, 15) is 17.2 Å². The molecule has 0 bridgehead atoms. The Balaban J connectivity index is 2.46. The summed E-state index contributed by atoms with van der Waals surface area (Å²) in [6.07, 6.45) is 0. The molecule has 0 radical (unpaired) electrons. The van der Waals surface area contributed by atoms with Gasteiger partial charge in [-0.1, -0.05) is 12.1 Å². The molecule has 0 aliphatic carbocycles. The van der Waals surface area contributed by atoms with Gasteiger partial charge < -0.3 is 0 Å². The molecule has 0 saturated heterocycles. The molecule has 0 unspecified atom stereocenters. The van der Waals surface area contributed by atoms with E-state index in [0.29, 0.717) is 11.1 Å². The highest BCUT2D eigenvalue weighted by atomic mass is 35.7. The molecule has 0 aliphatic rings. The van der Waals surface area contributed by atoms with Crippen LogP contribution in [0.25, 0.3) is 11.1 Å². The maximum Gasteiger partial charge on any atom is 0.261 e. The average molecular weight is 289 g/mol. The van der Waals surface area contributed by atoms with Gasteiger partial charge in [-0.15, -0.1) is 0 Å². The standard InChI is InChI=1S/C12H7ClF2O2S/c13-18(16,17)12-3-1-8(2-4-12)9-5-10(14)7-11(15)6-9/h1-7H. The number of rotatable bonds is 2. The predicted molar refractivity (Wildman–Crippen MR) is 64.8 cm³/mol. The van der Waals surface area contributed by atoms with Crippen molar-refractivity contribution in [2.24, 2.45) is 0 Å². The lowest BCUT2D eigenvalue weighted by molar-refractivity contribution is 0.584. The summed E-state index contributed by atoms with van der Waals surface area (Å²) in [5, 5.41) is 0. The number of halogens is 3. The smallest absolute Gasteiger partial charge is 0.207 e. The van der Waals surface area contributed by atoms with Gasteiger partial charge in [-0.2, -0.15) is 0 Å². The molecule has 2 aromatic carbocycles. The fourth-order valence-corrected chi connectivity index (χ4v) is 2.30. The summed E-state index contributed by atoms with van der Waals surface area (Å²) < 4.78 is 48.1. The van der Waals surface area contributed by atoms with E-state index in [4.69, 9.17) is 10.7 Å². The molecule has 0 N–H and O–H groups in total. The molecule has 0 amide bonds. The third-order valence-corrected chi connectivity index (χ3v) is 3.70. The van der Waals surface area contributed by atoms with Crippen molar-refractivity contribution < 1.29 is 17.2 Å². The van der Waals surface area contributed by atoms with E-state index >= 15 is 0 Å². The minimum Gasteiger partial charge on any atom is -0.207 e. The lowest BCUT2D eigenvalue weighted by Gasteiger charge is -2.03. The van der Waals surface area contributed by atoms with Crippen molar-refractivity contribution in [3.63, 3.8) is 0 Å². The number of hydrogen-bond donors (Lipinski definition) is 0. The Morgan fingerprint density at radius 3 is 1.78 bits per heavy atom. The van der Waals surface area contributed by atoms with Crippen molar-refractivity contribution in [2.75, 3.05) is 0 Å². The molecule has 0 aromatic heterocycles. The van der Waals surface area contributed by atoms with E-state index in [0.717, 1.165) is 18.2 Å². The lowest BCUT2D eigenvalue weighted by Crippen LogP contribution is -1.90. The van der Waals surface area contributed by atoms with Gasteiger partial charge in [-0.3, -0.25) is 0 Å². The van der Waals surface area contributed by atoms with E-state index < -0.39 is 20.7 Å². The molecule has 0 saturated carbocycles. The van der Waals surface area contributed by atoms with Crippen LogP contribution in [0.3, 0.4) is 0 Å². The van der Waals surface area contributed by atoms with E-state index in [2.05, 4.69) is 0 Å². The van der Waals surface area contributed by atoms with Gasteiger partial charge in [0.1, 0.15) is 11.6 Å². The van der Waals surface area contributed by atoms with Gasteiger partial charge in [0.25, 0.3) is 9.05 Å². The van der Waals surface area contributed by atoms with E-state index in [1.165, 1.54) is 24.3 Å². The van der Waals surface area contributed by atoms with Gasteiger partial charge in [0.05, 0.1) is 4.90 Å². The van der Waals surface area contributed by atoms with Gasteiger partial charge in [0, 0.05) is 16.7 Å². The Bertz CT molecular complexity index is 661. The Hall–Kier alpha value is -1.46. The number of hydrogen-bond acceptors (Lipinski definition) is 2. The van der Waals surface area contributed by atoms with Crippen LogP contribution in [-0.4, -0.2) is 8.42 Å². The molecule has 0 fully saturated rings. The first-order valence-corrected chi connectivity index (χ1v) is 7.18. The van der Waals surface area contributed by atoms with Crippen molar-refractivity contribution >= 4 is 19.7 Å². The molecule has 0 aliphatic heterocycles. The Morgan fingerprint density at radius 2 is 1.33 bits per heavy atom. The molecule has 2 rings (SSSR count). The fraction of sp³-hybridized carbons (Fsp3) is 0. The summed E-state index contributed by atoms with van der Waals surface area (Å²) in [6.45, 7) is 0. The first-order valence-electron chi connectivity index (χ1n) is 4.87. The summed E-state index contributed by atoms with van der Waals surface area (Å²) in [5.74, 6) is -1.39. The van der Waals surface area contributed by atoms with Crippen LogP contribution < -0.4 is 0 Å². The van der Waals surface area contributed by atoms with Crippen molar-refractivity contribution in [1.29, 1.82) is 0 Å². The van der Waals surface area contributed by atoms with Crippen molar-refractivity contribution in [2.45, 2.75) is 4.90 Å². The highest BCUT2D eigenvalue weighted by Crippen LogP contribution is 2.24. The molecular weight excluding hydrogens is 282 g/mol. The van der Waals surface area contributed by atoms with Crippen molar-refractivity contribution in [1.82, 2.24) is 0 Å². The SMILES string of the molecule is O=S(=O)(Cl)c1ccc(-c2cc(F)cc(F)c2)cc1. The normalized spacial score (nSPS) is 11.5. The van der Waals surface area contributed by atoms with E-state index in [1.807, 2.05) is 0 Å². The molecule has 6 heteroatoms. The number of benzene rings is 2. The van der Waals surface area contributed by atoms with Crippen LogP contribution in [0.1, 0.15) is 0 Å². The van der Waals surface area contributed by atoms with E-state index in [1.54, 1.807) is 0 Å². The predicted octanol–water partition coefficient (Wildman–Crippen LogP) is 3.56. The van der Waals surface area contributed by atoms with Gasteiger partial charge in [-0.25, -0.2) is 17.2 Å². The minimum absolute atomic E-state index is 0.0650. The summed E-state index contributed by atoms with van der Waals surface area (Å²) >= 11 is 0. The lowest BCUT2D eigenvalue weighted by atomic mass is 10.1. The van der Waals surface area contributed by atoms with Crippen LogP contribution in [0.15, 0.2) is 47.4 Å². The second kappa shape index (κ2) is 4.66. The van der Waals surface area contributed by atoms with Crippen molar-refractivity contribution in [3.8, 4) is 11.1 Å². The third-order valence-electron chi connectivity index (χ3n) is 2.33. The second-order valence-electron chi connectivity index (χ2n) is 3.62. The quantitative estimate of drug-likeness (QED) is 0.792. The fourth-order valence-electron chi connectivity index (χ4n) is 1.53. The zero-order valence-corrected chi connectivity index (χ0v) is 10.5. The summed E-state index contributed by atoms with van der Waals surface area (Å²) in [7, 11) is 1.37. The zero-order valence-electron chi connectivity index (χ0n) is 8.90. The highest BCUT2D eigenvalue weighted by Gasteiger charge is 2.10. The van der Waals surface area contributed by atoms with Crippen LogP contribution in [0.2, 0.25) is 0 Å². The van der Waals surface area contributed by atoms with Crippen LogP contribution in [0, 0.1) is 11.6 Å². The molecule has 2 aromatic rings. The third kappa shape index (κ3) is 2.86. The summed E-state index contributed by atoms with van der Waals surface area (Å²) in [4.78, 5) is -0.0650. The van der Waals surface area contributed by atoms with Crippen molar-refractivity contribution in [3.05, 3.63) is 54.1 Å². The summed E-state index contributed by atoms with van der Waals surface area (Å²) in [6, 6.07) is 8.51. The first kappa shape index (κ1) is 13.0. The van der Waals surface area contributed by atoms with Crippen LogP contribution in [0.5, 0.6) is 0 Å². The van der Waals surface area contributed by atoms with Gasteiger partial charge >= 0.3 is 0 Å². The minimum atomic E-state index is -3.79. The van der Waals surface area contributed by atoms with Crippen LogP contribution >= 0.6 is 10.7 Å². The summed E-state index contributed by atoms with van der Waals surface area (Å²) in [5.41, 5.74) is 0.823. The van der Waals surface area contributed by atoms with Gasteiger partial charge in [-0.05, 0) is 35.4 Å². The largest absolute Gasteiger partial charge is 0.261 e. The molecule has 18 heavy (non-hydrogen) atoms. The van der Waals surface area contributed by atoms with Gasteiger partial charge in [0.2, 0.25) is 0 Å². The molecule has 2 nitrogen and oxygen atoms in total. The monoisotopic (exact) mass is 288 g/mol. The zero-order chi connectivity index (χ0) is 13.3. The Labute approximate surface area is 107 Å². The average Bonchev–Trinajstić information content (AvgIpc) is 2.27. The topological polar surface area (TPSA) is 34.1 Å². The second-order valence-corrected chi connectivity index (χ2v) is 6.19. The Kier molecular flexibility index (Phi) is 3.36. The Morgan fingerprint density at radius 1 is 0.833 bits per heavy atom. The molecule has 0 spiro atoms. The molecule has 0 atom stereocenters. The van der Waals surface area contributed by atoms with Gasteiger partial charge in [0.15, 0.2) is 0 Å². The molecule has 0 heterocycles. The van der Waals surface area contributed by atoms with E-state index in [-0.39, 0.29) is 4.90 Å². The van der Waals surface area contributed by atoms with Crippen LogP contribution in [-0.2, 0) is 9.05 Å². The van der Waals surface area contributed by atoms with Crippen LogP contribution in [0.4, 0.5) is 8.78 Å². The maximum atomic E-state index is 13.0. The highest BCUT2D eigenvalue weighted by molar-refractivity contribution is 8.13. The first-order chi connectivity index (χ1) is 8.36.